The van der Waals surface area contributed by atoms with Gasteiger partial charge in [-0.1, -0.05) is 11.7 Å². The van der Waals surface area contributed by atoms with E-state index < -0.39 is 29.2 Å². The first-order valence-corrected chi connectivity index (χ1v) is 8.78. The normalized spacial score (nSPS) is 9.91. The van der Waals surface area contributed by atoms with Crippen molar-refractivity contribution in [1.29, 1.82) is 0 Å². The van der Waals surface area contributed by atoms with Crippen molar-refractivity contribution in [2.24, 2.45) is 0 Å². The van der Waals surface area contributed by atoms with E-state index in [0.29, 0.717) is 0 Å². The molecule has 0 aromatic rings. The van der Waals surface area contributed by atoms with Crippen molar-refractivity contribution >= 4 is 75.4 Å². The summed E-state index contributed by atoms with van der Waals surface area (Å²) < 4.78 is 35.1. The second-order valence-electron chi connectivity index (χ2n) is 0.537. The van der Waals surface area contributed by atoms with Gasteiger partial charge in [0.25, 0.3) is 0 Å². The van der Waals surface area contributed by atoms with Crippen LogP contribution in [0.5, 0.6) is 0 Å². The highest BCUT2D eigenvalue weighted by molar-refractivity contribution is 8.96. The fourth-order valence-electron chi connectivity index (χ4n) is 0. The van der Waals surface area contributed by atoms with Gasteiger partial charge in [-0.15, -0.1) is 0 Å². The van der Waals surface area contributed by atoms with Crippen LogP contribution >= 0.6 is 35.0 Å². The van der Waals surface area contributed by atoms with Gasteiger partial charge in [-0.3, -0.25) is 0 Å². The fraction of sp³-hybridized carbons (Fsp3) is 0. The molecule has 0 N–H and O–H groups in total. The van der Waals surface area contributed by atoms with Crippen LogP contribution < -0.4 is 0 Å². The van der Waals surface area contributed by atoms with Crippen LogP contribution in [-0.4, -0.2) is 17.2 Å². The summed E-state index contributed by atoms with van der Waals surface area (Å²) in [5.41, 5.74) is 0. The van der Waals surface area contributed by atoms with Gasteiger partial charge in [0.2, 0.25) is 0 Å². The second-order valence-corrected chi connectivity index (χ2v) is 7.36. The summed E-state index contributed by atoms with van der Waals surface area (Å²) in [4.78, 5) is 0. The van der Waals surface area contributed by atoms with E-state index in [2.05, 4.69) is 46.2 Å². The third-order valence-electron chi connectivity index (χ3n) is 0. The number of thiol groups is 4. The Morgan fingerprint density at radius 1 is 1.45 bits per heavy atom. The molecule has 1 unspecified atom stereocenters. The smallest absolute Gasteiger partial charge is 0.335 e. The van der Waals surface area contributed by atoms with Gasteiger partial charge in [0.1, 0.15) is 0 Å². The summed E-state index contributed by atoms with van der Waals surface area (Å²) in [6.07, 6.45) is 0. The summed E-state index contributed by atoms with van der Waals surface area (Å²) in [5.74, 6) is 0. The molecule has 0 bridgehead atoms. The lowest BCUT2D eigenvalue weighted by atomic mass is 15.9. The van der Waals surface area contributed by atoms with Crippen molar-refractivity contribution in [3.8, 4) is 0 Å². The Labute approximate surface area is 91.8 Å². The molecule has 0 saturated heterocycles. The van der Waals surface area contributed by atoms with Crippen LogP contribution in [0.4, 0.5) is 0 Å². The maximum Gasteiger partial charge on any atom is 0.335 e. The average Bonchev–Trinajstić information content (AvgIpc) is 1.60. The minimum Gasteiger partial charge on any atom is -0.594 e. The molecule has 11 heavy (non-hydrogen) atoms. The monoisotopic (exact) mass is 292 g/mol. The first-order chi connectivity index (χ1) is 4.88. The van der Waals surface area contributed by atoms with Crippen LogP contribution in [0.2, 0.25) is 0 Å². The number of hydrogen-bond acceptors (Lipinski definition) is 7. The van der Waals surface area contributed by atoms with Crippen molar-refractivity contribution in [3.63, 3.8) is 0 Å². The van der Waals surface area contributed by atoms with E-state index in [4.69, 9.17) is 8.42 Å². The first kappa shape index (κ1) is 18.4. The molecule has 11 heteroatoms. The van der Waals surface area contributed by atoms with Gasteiger partial charge in [0.05, 0.1) is 41.0 Å². The predicted octanol–water partition coefficient (Wildman–Crippen LogP) is -0.471. The van der Waals surface area contributed by atoms with Gasteiger partial charge >= 0.3 is 11.6 Å². The summed E-state index contributed by atoms with van der Waals surface area (Å²) in [5, 5.41) is 0. The van der Waals surface area contributed by atoms with E-state index >= 15 is 0 Å². The molecule has 0 spiro atoms. The molecular formula is H4O4S7. The summed E-state index contributed by atoms with van der Waals surface area (Å²) in [6, 6.07) is 0. The van der Waals surface area contributed by atoms with Crippen molar-refractivity contribution in [1.82, 2.24) is 0 Å². The minimum absolute atomic E-state index is 0.750. The van der Waals surface area contributed by atoms with Gasteiger partial charge < -0.3 is 4.55 Å². The van der Waals surface area contributed by atoms with E-state index in [1.54, 1.807) is 0 Å². The first-order valence-electron chi connectivity index (χ1n) is 1.43. The molecule has 1 atom stereocenters. The van der Waals surface area contributed by atoms with Crippen molar-refractivity contribution in [2.45, 2.75) is 0 Å². The van der Waals surface area contributed by atoms with E-state index in [1.807, 2.05) is 0 Å². The molecule has 0 amide bonds. The van der Waals surface area contributed by atoms with Crippen LogP contribution in [-0.2, 0) is 40.4 Å². The maximum absolute atomic E-state index is 9.28. The Kier molecular flexibility index (Phi) is 29.3. The standard InChI is InChI=1S/O2S.2H2OS3/c1-3-2;2*1-4(2)3/h;(H2,1,2,3);4H,(H,1,2,3). The highest BCUT2D eigenvalue weighted by atomic mass is 33.5. The van der Waals surface area contributed by atoms with Gasteiger partial charge in [-0.25, -0.2) is 4.21 Å². The third kappa shape index (κ3) is 438. The molecule has 0 rings (SSSR count). The summed E-state index contributed by atoms with van der Waals surface area (Å²) in [7, 11) is -2.81. The van der Waals surface area contributed by atoms with Gasteiger partial charge in [0.15, 0.2) is 0 Å². The Morgan fingerprint density at radius 2 is 1.45 bits per heavy atom. The topological polar surface area (TPSA) is 74.3 Å². The zero-order chi connectivity index (χ0) is 9.86. The second kappa shape index (κ2) is 17.6. The van der Waals surface area contributed by atoms with E-state index in [9.17, 15) is 8.76 Å². The van der Waals surface area contributed by atoms with Crippen LogP contribution in [0.25, 0.3) is 0 Å². The van der Waals surface area contributed by atoms with Gasteiger partial charge in [-0.2, -0.15) is 8.42 Å². The fourth-order valence-corrected chi connectivity index (χ4v) is 0. The van der Waals surface area contributed by atoms with Gasteiger partial charge in [0, 0.05) is 0 Å². The van der Waals surface area contributed by atoms with Crippen molar-refractivity contribution in [2.75, 3.05) is 0 Å². The quantitative estimate of drug-likeness (QED) is 0.276. The molecule has 0 aliphatic rings. The minimum atomic E-state index is -1.59. The van der Waals surface area contributed by atoms with Crippen molar-refractivity contribution < 1.29 is 17.2 Å². The maximum atomic E-state index is 9.28. The zero-order valence-electron chi connectivity index (χ0n) is 4.65. The molecule has 0 aliphatic carbocycles. The van der Waals surface area contributed by atoms with E-state index in [-0.39, 0.29) is 0 Å². The Bertz CT molecular complexity index is 139. The molecule has 0 radical (unpaired) electrons. The van der Waals surface area contributed by atoms with Gasteiger partial charge in [-0.05, 0) is 11.2 Å². The molecule has 0 aromatic heterocycles. The van der Waals surface area contributed by atoms with E-state index in [0.717, 1.165) is 0 Å². The largest absolute Gasteiger partial charge is 0.594 e. The Hall–Kier alpha value is 1.55. The van der Waals surface area contributed by atoms with Crippen molar-refractivity contribution in [3.05, 3.63) is 0 Å². The average molecular weight is 292 g/mol. The Balaban J connectivity index is -0.0000000886. The zero-order valence-corrected chi connectivity index (χ0v) is 10.7. The SMILES string of the molecule is O=S=O.O=[SH](=S)S.[O-][S+](S)S. The molecule has 70 valence electrons. The lowest BCUT2D eigenvalue weighted by Crippen LogP contribution is -1.64. The summed E-state index contributed by atoms with van der Waals surface area (Å²) >= 11 is 13.1. The van der Waals surface area contributed by atoms with E-state index in [1.165, 1.54) is 0 Å². The predicted molar refractivity (Wildman–Crippen MR) is 60.9 cm³/mol. The molecule has 0 aliphatic heterocycles. The van der Waals surface area contributed by atoms with Crippen LogP contribution in [0.3, 0.4) is 0 Å². The lowest BCUT2D eigenvalue weighted by molar-refractivity contribution is 0.622. The molecular weight excluding hydrogens is 288 g/mol. The highest BCUT2D eigenvalue weighted by Gasteiger charge is 1.73. The molecule has 4 nitrogen and oxygen atoms in total. The number of rotatable bonds is 0. The molecule has 0 fully saturated rings. The highest BCUT2D eigenvalue weighted by Crippen LogP contribution is 1.96. The molecule has 0 saturated carbocycles. The summed E-state index contributed by atoms with van der Waals surface area (Å²) in [6.45, 7) is 0. The Morgan fingerprint density at radius 3 is 1.45 bits per heavy atom. The molecule has 0 aromatic carbocycles. The van der Waals surface area contributed by atoms with Crippen LogP contribution in [0.15, 0.2) is 0 Å². The van der Waals surface area contributed by atoms with Crippen LogP contribution in [0.1, 0.15) is 0 Å². The number of hydrogen-bond donors (Lipinski definition) is 4. The third-order valence-corrected chi connectivity index (χ3v) is 0. The van der Waals surface area contributed by atoms with Crippen LogP contribution in [0, 0.1) is 0 Å². The lowest BCUT2D eigenvalue weighted by Gasteiger charge is -1.80. The molecule has 0 heterocycles.